The first kappa shape index (κ1) is 21.5. The predicted octanol–water partition coefficient (Wildman–Crippen LogP) is 2.93. The van der Waals surface area contributed by atoms with Crippen molar-refractivity contribution in [3.63, 3.8) is 0 Å². The Kier molecular flexibility index (Phi) is 7.49. The lowest BCUT2D eigenvalue weighted by molar-refractivity contribution is 0.153. The van der Waals surface area contributed by atoms with Gasteiger partial charge < -0.3 is 29.0 Å². The van der Waals surface area contributed by atoms with Gasteiger partial charge in [0, 0.05) is 41.3 Å². The van der Waals surface area contributed by atoms with Crippen LogP contribution < -0.4 is 14.2 Å². The highest BCUT2D eigenvalue weighted by molar-refractivity contribution is 7.99. The number of amides is 1. The molecule has 27 heavy (non-hydrogen) atoms. The maximum absolute atomic E-state index is 12.0. The number of nitrogens with zero attached hydrogens (tertiary/aromatic N) is 1. The first-order valence-electron chi connectivity index (χ1n) is 8.85. The van der Waals surface area contributed by atoms with Crippen molar-refractivity contribution in [2.45, 2.75) is 36.8 Å². The highest BCUT2D eigenvalue weighted by Gasteiger charge is 2.43. The molecule has 2 rings (SSSR count). The summed E-state index contributed by atoms with van der Waals surface area (Å²) in [6.07, 6.45) is 0.216. The molecule has 1 heterocycles. The Labute approximate surface area is 164 Å². The van der Waals surface area contributed by atoms with Crippen molar-refractivity contribution in [2.75, 3.05) is 41.1 Å². The maximum atomic E-state index is 12.0. The van der Waals surface area contributed by atoms with Crippen molar-refractivity contribution in [3.05, 3.63) is 17.7 Å². The third-order valence-electron chi connectivity index (χ3n) is 4.74. The Balaban J connectivity index is 2.18. The fourth-order valence-electron chi connectivity index (χ4n) is 3.09. The molecule has 8 heteroatoms. The third-order valence-corrected chi connectivity index (χ3v) is 6.19. The molecule has 1 atom stereocenters. The number of cyclic esters (lactones) is 1. The van der Waals surface area contributed by atoms with Gasteiger partial charge in [0.1, 0.15) is 23.9 Å². The molecule has 0 unspecified atom stereocenters. The molecule has 1 aromatic rings. The van der Waals surface area contributed by atoms with Gasteiger partial charge in [-0.25, -0.2) is 4.79 Å². The number of rotatable bonds is 10. The highest BCUT2D eigenvalue weighted by atomic mass is 32.2. The molecule has 0 aliphatic carbocycles. The van der Waals surface area contributed by atoms with Crippen LogP contribution in [0.2, 0.25) is 0 Å². The van der Waals surface area contributed by atoms with E-state index in [9.17, 15) is 4.79 Å². The lowest BCUT2D eigenvalue weighted by Gasteiger charge is -2.35. The maximum Gasteiger partial charge on any atom is 0.410 e. The van der Waals surface area contributed by atoms with Gasteiger partial charge in [-0.15, -0.1) is 11.8 Å². The molecule has 0 spiro atoms. The van der Waals surface area contributed by atoms with Crippen LogP contribution in [0.3, 0.4) is 0 Å². The number of hydrogen-bond donors (Lipinski definition) is 1. The number of carbonyl (C=O) groups is 1. The second-order valence-corrected chi connectivity index (χ2v) is 8.40. The zero-order valence-electron chi connectivity index (χ0n) is 16.6. The molecule has 1 fully saturated rings. The molecule has 1 aliphatic heterocycles. The molecule has 1 saturated heterocycles. The van der Waals surface area contributed by atoms with Gasteiger partial charge in [0.15, 0.2) is 0 Å². The average Bonchev–Trinajstić information content (AvgIpc) is 3.05. The summed E-state index contributed by atoms with van der Waals surface area (Å²) >= 11 is 1.70. The number of aliphatic hydroxyl groups is 1. The van der Waals surface area contributed by atoms with Crippen molar-refractivity contribution in [3.8, 4) is 17.2 Å². The van der Waals surface area contributed by atoms with Crippen LogP contribution in [0.25, 0.3) is 0 Å². The minimum atomic E-state index is -0.318. The largest absolute Gasteiger partial charge is 0.496 e. The molecule has 7 nitrogen and oxygen atoms in total. The Morgan fingerprint density at radius 1 is 1.22 bits per heavy atom. The monoisotopic (exact) mass is 399 g/mol. The summed E-state index contributed by atoms with van der Waals surface area (Å²) in [7, 11) is 4.84. The number of carbonyl (C=O) groups excluding carboxylic acids is 1. The second kappa shape index (κ2) is 9.41. The van der Waals surface area contributed by atoms with Gasteiger partial charge in [0.25, 0.3) is 0 Å². The van der Waals surface area contributed by atoms with E-state index in [0.717, 1.165) is 5.56 Å². The SMILES string of the molecule is COc1cc(OC)c(CSC(C)(C)[C@@H]2COC(=O)N2CCCO)c(OC)c1. The molecule has 1 aromatic carbocycles. The Morgan fingerprint density at radius 2 is 1.85 bits per heavy atom. The fraction of sp³-hybridized carbons (Fsp3) is 0.632. The van der Waals surface area contributed by atoms with Crippen molar-refractivity contribution in [1.82, 2.24) is 4.90 Å². The van der Waals surface area contributed by atoms with Crippen LogP contribution in [0, 0.1) is 0 Å². The smallest absolute Gasteiger partial charge is 0.410 e. The number of benzene rings is 1. The number of thioether (sulfide) groups is 1. The topological polar surface area (TPSA) is 77.5 Å². The van der Waals surface area contributed by atoms with Gasteiger partial charge in [0.2, 0.25) is 0 Å². The van der Waals surface area contributed by atoms with E-state index in [1.165, 1.54) is 0 Å². The first-order chi connectivity index (χ1) is 12.9. The Hall–Kier alpha value is -1.80. The van der Waals surface area contributed by atoms with Crippen molar-refractivity contribution >= 4 is 17.9 Å². The molecular formula is C19H29NO6S. The minimum absolute atomic E-state index is 0.0459. The minimum Gasteiger partial charge on any atom is -0.496 e. The van der Waals surface area contributed by atoms with Crippen LogP contribution in [-0.2, 0) is 10.5 Å². The van der Waals surface area contributed by atoms with E-state index in [0.29, 0.717) is 42.6 Å². The predicted molar refractivity (Wildman–Crippen MR) is 105 cm³/mol. The van der Waals surface area contributed by atoms with Gasteiger partial charge in [-0.2, -0.15) is 0 Å². The quantitative estimate of drug-likeness (QED) is 0.648. The molecule has 0 bridgehead atoms. The zero-order valence-corrected chi connectivity index (χ0v) is 17.4. The lowest BCUT2D eigenvalue weighted by atomic mass is 10.0. The first-order valence-corrected chi connectivity index (χ1v) is 9.83. The van der Waals surface area contributed by atoms with Crippen LogP contribution in [-0.4, -0.2) is 68.0 Å². The zero-order chi connectivity index (χ0) is 20.0. The molecular weight excluding hydrogens is 370 g/mol. The molecule has 152 valence electrons. The second-order valence-electron chi connectivity index (χ2n) is 6.77. The standard InChI is InChI=1S/C19H29NO6S/c1-19(2,17-11-26-18(22)20(17)7-6-8-21)27-12-14-15(24-4)9-13(23-3)10-16(14)25-5/h9-10,17,21H,6-8,11-12H2,1-5H3/t17-/m0/s1. The van der Waals surface area contributed by atoms with E-state index in [2.05, 4.69) is 13.8 Å². The van der Waals surface area contributed by atoms with Crippen LogP contribution in [0.4, 0.5) is 4.79 Å². The third kappa shape index (κ3) is 4.93. The highest BCUT2D eigenvalue weighted by Crippen LogP contribution is 2.42. The number of methoxy groups -OCH3 is 3. The van der Waals surface area contributed by atoms with Crippen LogP contribution in [0.15, 0.2) is 12.1 Å². The summed E-state index contributed by atoms with van der Waals surface area (Å²) in [5.41, 5.74) is 0.936. The molecule has 0 saturated carbocycles. The van der Waals surface area contributed by atoms with Gasteiger partial charge in [-0.05, 0) is 20.3 Å². The fourth-order valence-corrected chi connectivity index (χ4v) is 4.28. The summed E-state index contributed by atoms with van der Waals surface area (Å²) < 4.78 is 21.3. The normalized spacial score (nSPS) is 17.0. The average molecular weight is 400 g/mol. The molecule has 1 aliphatic rings. The summed E-state index contributed by atoms with van der Waals surface area (Å²) in [6, 6.07) is 3.60. The van der Waals surface area contributed by atoms with Crippen LogP contribution in [0.5, 0.6) is 17.2 Å². The van der Waals surface area contributed by atoms with Gasteiger partial charge in [-0.3, -0.25) is 0 Å². The number of hydrogen-bond acceptors (Lipinski definition) is 7. The Bertz CT molecular complexity index is 626. The Morgan fingerprint density at radius 3 is 2.37 bits per heavy atom. The summed E-state index contributed by atoms with van der Waals surface area (Å²) in [5.74, 6) is 2.71. The summed E-state index contributed by atoms with van der Waals surface area (Å²) in [5, 5.41) is 9.09. The van der Waals surface area contributed by atoms with Crippen molar-refractivity contribution in [2.24, 2.45) is 0 Å². The molecule has 0 aromatic heterocycles. The van der Waals surface area contributed by atoms with E-state index in [1.54, 1.807) is 38.0 Å². The summed E-state index contributed by atoms with van der Waals surface area (Å²) in [4.78, 5) is 13.8. The lowest BCUT2D eigenvalue weighted by Crippen LogP contribution is -2.47. The van der Waals surface area contributed by atoms with E-state index >= 15 is 0 Å². The van der Waals surface area contributed by atoms with E-state index < -0.39 is 0 Å². The number of aliphatic hydroxyl groups excluding tert-OH is 1. The van der Waals surface area contributed by atoms with E-state index in [1.807, 2.05) is 12.1 Å². The van der Waals surface area contributed by atoms with Crippen molar-refractivity contribution < 1.29 is 28.8 Å². The van der Waals surface area contributed by atoms with Crippen molar-refractivity contribution in [1.29, 1.82) is 0 Å². The molecule has 1 amide bonds. The van der Waals surface area contributed by atoms with E-state index in [-0.39, 0.29) is 23.5 Å². The number of ether oxygens (including phenoxy) is 4. The van der Waals surface area contributed by atoms with Gasteiger partial charge in [0.05, 0.1) is 27.4 Å². The van der Waals surface area contributed by atoms with Gasteiger partial charge >= 0.3 is 6.09 Å². The van der Waals surface area contributed by atoms with Crippen LogP contribution in [0.1, 0.15) is 25.8 Å². The molecule has 0 radical (unpaired) electrons. The van der Waals surface area contributed by atoms with E-state index in [4.69, 9.17) is 24.1 Å². The summed E-state index contributed by atoms with van der Waals surface area (Å²) in [6.45, 7) is 5.07. The molecule has 1 N–H and O–H groups in total. The van der Waals surface area contributed by atoms with Gasteiger partial charge in [-0.1, -0.05) is 0 Å². The van der Waals surface area contributed by atoms with Crippen LogP contribution >= 0.6 is 11.8 Å².